The maximum atomic E-state index is 11.6. The van der Waals surface area contributed by atoms with E-state index in [1.54, 1.807) is 24.3 Å². The number of nitrogens with one attached hydrogen (secondary N) is 1. The van der Waals surface area contributed by atoms with Crippen molar-refractivity contribution in [2.45, 2.75) is 12.5 Å². The fourth-order valence-electron chi connectivity index (χ4n) is 1.39. The van der Waals surface area contributed by atoms with Gasteiger partial charge < -0.3 is 20.0 Å². The van der Waals surface area contributed by atoms with Gasteiger partial charge in [-0.1, -0.05) is 18.2 Å². The smallest absolute Gasteiger partial charge is 0.258 e. The molecule has 0 heterocycles. The highest BCUT2D eigenvalue weighted by Crippen LogP contribution is 2.07. The van der Waals surface area contributed by atoms with Gasteiger partial charge in [-0.25, -0.2) is 0 Å². The number of rotatable bonds is 8. The summed E-state index contributed by atoms with van der Waals surface area (Å²) in [6.45, 7) is -0.215. The van der Waals surface area contributed by atoms with Crippen molar-refractivity contribution < 1.29 is 19.4 Å². The normalized spacial score (nSPS) is 11.6. The van der Waals surface area contributed by atoms with E-state index in [1.165, 1.54) is 11.8 Å². The summed E-state index contributed by atoms with van der Waals surface area (Å²) in [7, 11) is 0. The van der Waals surface area contributed by atoms with Gasteiger partial charge in [-0.05, 0) is 30.6 Å². The number of thioether (sulfide) groups is 1. The van der Waals surface area contributed by atoms with Crippen LogP contribution >= 0.6 is 11.8 Å². The van der Waals surface area contributed by atoms with E-state index in [0.29, 0.717) is 17.9 Å². The molecule has 0 saturated carbocycles. The molecule has 1 aromatic carbocycles. The third-order valence-corrected chi connectivity index (χ3v) is 2.99. The molecule has 0 spiro atoms. The van der Waals surface area contributed by atoms with E-state index in [1.807, 2.05) is 12.3 Å². The first-order valence-corrected chi connectivity index (χ1v) is 7.20. The average molecular weight is 282 g/mol. The zero-order chi connectivity index (χ0) is 14.1. The summed E-state index contributed by atoms with van der Waals surface area (Å²) >= 11 is 1.51. The van der Waals surface area contributed by atoms with Gasteiger partial charge in [0, 0.05) is 0 Å². The zero-order valence-corrected chi connectivity index (χ0v) is 11.4. The molecule has 104 valence electrons. The van der Waals surface area contributed by atoms with Crippen molar-refractivity contribution in [1.82, 2.24) is 5.32 Å². The number of hydrogen-bond donors (Lipinski definition) is 1. The molecule has 0 fully saturated rings. The van der Waals surface area contributed by atoms with Crippen LogP contribution in [0.25, 0.3) is 0 Å². The summed E-state index contributed by atoms with van der Waals surface area (Å²) in [5.41, 5.74) is 0. The minimum Gasteiger partial charge on any atom is -0.548 e. The van der Waals surface area contributed by atoms with Gasteiger partial charge >= 0.3 is 0 Å². The number of benzene rings is 1. The van der Waals surface area contributed by atoms with Gasteiger partial charge in [0.2, 0.25) is 0 Å². The van der Waals surface area contributed by atoms with Crippen LogP contribution in [0.1, 0.15) is 6.42 Å². The molecule has 0 radical (unpaired) electrons. The second-order valence-corrected chi connectivity index (χ2v) is 4.81. The molecule has 1 rings (SSSR count). The number of ether oxygens (including phenoxy) is 1. The second-order valence-electron chi connectivity index (χ2n) is 3.82. The lowest BCUT2D eigenvalue weighted by Crippen LogP contribution is -2.49. The minimum atomic E-state index is -1.28. The lowest BCUT2D eigenvalue weighted by atomic mass is 10.2. The standard InChI is InChI=1S/C13H17NO4S/c1-19-8-7-11(13(16)17)14-12(15)9-18-10-5-3-2-4-6-10/h2-6,11H,7-9H2,1H3,(H,14,15)(H,16,17)/p-1/t11-/m0/s1. The number of aliphatic carboxylic acids is 1. The van der Waals surface area contributed by atoms with Crippen LogP contribution < -0.4 is 15.2 Å². The fraction of sp³-hybridized carbons (Fsp3) is 0.385. The Bertz CT molecular complexity index is 410. The van der Waals surface area contributed by atoms with Gasteiger partial charge in [0.25, 0.3) is 5.91 Å². The SMILES string of the molecule is CSCC[C@H](NC(=O)COc1ccccc1)C(=O)[O-]. The van der Waals surface area contributed by atoms with E-state index >= 15 is 0 Å². The highest BCUT2D eigenvalue weighted by atomic mass is 32.2. The van der Waals surface area contributed by atoms with E-state index in [4.69, 9.17) is 4.74 Å². The van der Waals surface area contributed by atoms with E-state index < -0.39 is 17.9 Å². The van der Waals surface area contributed by atoms with Crippen molar-refractivity contribution in [1.29, 1.82) is 0 Å². The molecule has 0 aliphatic carbocycles. The van der Waals surface area contributed by atoms with E-state index in [0.717, 1.165) is 0 Å². The highest BCUT2D eigenvalue weighted by molar-refractivity contribution is 7.98. The summed E-state index contributed by atoms with van der Waals surface area (Å²) in [5, 5.41) is 13.2. The molecule has 1 amide bonds. The molecule has 0 unspecified atom stereocenters. The molecule has 5 nitrogen and oxygen atoms in total. The van der Waals surface area contributed by atoms with E-state index in [9.17, 15) is 14.7 Å². The Balaban J connectivity index is 2.38. The molecule has 19 heavy (non-hydrogen) atoms. The largest absolute Gasteiger partial charge is 0.548 e. The Kier molecular flexibility index (Phi) is 6.81. The van der Waals surface area contributed by atoms with Crippen molar-refractivity contribution in [3.8, 4) is 5.75 Å². The van der Waals surface area contributed by atoms with Crippen molar-refractivity contribution in [3.63, 3.8) is 0 Å². The summed E-state index contributed by atoms with van der Waals surface area (Å²) in [5.74, 6) is -0.550. The Morgan fingerprint density at radius 2 is 2.05 bits per heavy atom. The molecular weight excluding hydrogens is 266 g/mol. The molecular formula is C13H16NO4S-. The van der Waals surface area contributed by atoms with Crippen LogP contribution in [0, 0.1) is 0 Å². The van der Waals surface area contributed by atoms with Crippen LogP contribution in [0.2, 0.25) is 0 Å². The molecule has 0 aliphatic heterocycles. The van der Waals surface area contributed by atoms with Gasteiger partial charge in [-0.2, -0.15) is 11.8 Å². The number of carboxylic acids is 1. The third kappa shape index (κ3) is 6.15. The first-order chi connectivity index (χ1) is 9.13. The predicted molar refractivity (Wildman–Crippen MR) is 71.9 cm³/mol. The molecule has 0 bridgehead atoms. The van der Waals surface area contributed by atoms with E-state index in [-0.39, 0.29) is 6.61 Å². The Morgan fingerprint density at radius 3 is 2.63 bits per heavy atom. The third-order valence-electron chi connectivity index (χ3n) is 2.34. The van der Waals surface area contributed by atoms with Gasteiger partial charge in [0.15, 0.2) is 6.61 Å². The average Bonchev–Trinajstić information content (AvgIpc) is 2.42. The summed E-state index contributed by atoms with van der Waals surface area (Å²) < 4.78 is 5.22. The summed E-state index contributed by atoms with van der Waals surface area (Å²) in [4.78, 5) is 22.4. The van der Waals surface area contributed by atoms with Gasteiger partial charge in [-0.15, -0.1) is 0 Å². The quantitative estimate of drug-likeness (QED) is 0.729. The van der Waals surface area contributed by atoms with Crippen LogP contribution in [-0.2, 0) is 9.59 Å². The number of hydrogen-bond acceptors (Lipinski definition) is 5. The number of amides is 1. The second kappa shape index (κ2) is 8.42. The molecule has 0 aliphatic rings. The van der Waals surface area contributed by atoms with Gasteiger partial charge in [0.1, 0.15) is 5.75 Å². The van der Waals surface area contributed by atoms with E-state index in [2.05, 4.69) is 5.32 Å². The Hall–Kier alpha value is -1.69. The number of carboxylic acid groups (broad SMARTS) is 1. The molecule has 1 atom stereocenters. The first kappa shape index (κ1) is 15.4. The Morgan fingerprint density at radius 1 is 1.37 bits per heavy atom. The Labute approximate surface area is 116 Å². The summed E-state index contributed by atoms with van der Waals surface area (Å²) in [6.07, 6.45) is 2.20. The van der Waals surface area contributed by atoms with Crippen molar-refractivity contribution in [3.05, 3.63) is 30.3 Å². The van der Waals surface area contributed by atoms with Crippen LogP contribution in [0.5, 0.6) is 5.75 Å². The fourth-order valence-corrected chi connectivity index (χ4v) is 1.86. The molecule has 0 saturated heterocycles. The van der Waals surface area contributed by atoms with Crippen molar-refractivity contribution in [2.24, 2.45) is 0 Å². The van der Waals surface area contributed by atoms with Crippen LogP contribution in [0.4, 0.5) is 0 Å². The topological polar surface area (TPSA) is 78.5 Å². The van der Waals surface area contributed by atoms with Crippen molar-refractivity contribution >= 4 is 23.6 Å². The lowest BCUT2D eigenvalue weighted by molar-refractivity contribution is -0.308. The van der Waals surface area contributed by atoms with Crippen LogP contribution in [0.15, 0.2) is 30.3 Å². The van der Waals surface area contributed by atoms with Gasteiger partial charge in [0.05, 0.1) is 12.0 Å². The molecule has 0 aromatic heterocycles. The predicted octanol–water partition coefficient (Wildman–Crippen LogP) is 0.0532. The number of carbonyl (C=O) groups excluding carboxylic acids is 2. The molecule has 6 heteroatoms. The summed E-state index contributed by atoms with van der Waals surface area (Å²) in [6, 6.07) is 7.88. The number of para-hydroxylation sites is 1. The maximum Gasteiger partial charge on any atom is 0.258 e. The minimum absolute atomic E-state index is 0.215. The van der Waals surface area contributed by atoms with Crippen LogP contribution in [0.3, 0.4) is 0 Å². The van der Waals surface area contributed by atoms with Crippen LogP contribution in [-0.4, -0.2) is 36.5 Å². The van der Waals surface area contributed by atoms with Gasteiger partial charge in [-0.3, -0.25) is 4.79 Å². The zero-order valence-electron chi connectivity index (χ0n) is 10.6. The lowest BCUT2D eigenvalue weighted by Gasteiger charge is -2.19. The number of carbonyl (C=O) groups is 2. The monoisotopic (exact) mass is 282 g/mol. The highest BCUT2D eigenvalue weighted by Gasteiger charge is 2.13. The molecule has 1 N–H and O–H groups in total. The first-order valence-electron chi connectivity index (χ1n) is 5.80. The van der Waals surface area contributed by atoms with Crippen molar-refractivity contribution in [2.75, 3.05) is 18.6 Å². The molecule has 1 aromatic rings. The maximum absolute atomic E-state index is 11.6.